The smallest absolute Gasteiger partial charge is 0.264 e. The lowest BCUT2D eigenvalue weighted by molar-refractivity contribution is -0.135. The lowest BCUT2D eigenvalue weighted by atomic mass is 9.98. The summed E-state index contributed by atoms with van der Waals surface area (Å²) in [5.41, 5.74) is 2.62. The van der Waals surface area contributed by atoms with Gasteiger partial charge in [0.25, 0.3) is 17.7 Å². The van der Waals surface area contributed by atoms with Crippen LogP contribution in [0.3, 0.4) is 0 Å². The second kappa shape index (κ2) is 9.75. The fourth-order valence-corrected chi connectivity index (χ4v) is 5.07. The van der Waals surface area contributed by atoms with Gasteiger partial charge < -0.3 is 4.74 Å². The monoisotopic (exact) mass is 526 g/mol. The molecule has 11 heteroatoms. The Bertz CT molecular complexity index is 1510. The van der Waals surface area contributed by atoms with E-state index in [-0.39, 0.29) is 12.2 Å². The molecular formula is C28H23FN6O4. The summed E-state index contributed by atoms with van der Waals surface area (Å²) in [6.07, 6.45) is 0.487. The first-order chi connectivity index (χ1) is 18.9. The molecule has 0 aromatic heterocycles. The molecule has 0 saturated carbocycles. The Morgan fingerprint density at radius 3 is 2.49 bits per heavy atom. The second-order valence-electron chi connectivity index (χ2n) is 9.33. The van der Waals surface area contributed by atoms with Crippen LogP contribution < -0.4 is 9.64 Å². The number of imide groups is 1. The van der Waals surface area contributed by atoms with Crippen molar-refractivity contribution in [1.29, 1.82) is 0 Å². The van der Waals surface area contributed by atoms with Gasteiger partial charge >= 0.3 is 0 Å². The first-order valence-electron chi connectivity index (χ1n) is 12.3. The third-order valence-electron chi connectivity index (χ3n) is 7.00. The summed E-state index contributed by atoms with van der Waals surface area (Å²) in [5, 5.41) is 15.2. The maximum absolute atomic E-state index is 13.8. The Kier molecular flexibility index (Phi) is 6.10. The molecule has 1 saturated heterocycles. The average molecular weight is 527 g/mol. The maximum Gasteiger partial charge on any atom is 0.264 e. The Labute approximate surface area is 223 Å². The summed E-state index contributed by atoms with van der Waals surface area (Å²) in [4.78, 5) is 40.8. The van der Waals surface area contributed by atoms with Gasteiger partial charge in [-0.2, -0.15) is 10.2 Å². The number of ether oxygens (including phenoxy) is 1. The number of fused-ring (bicyclic) bond motifs is 1. The zero-order valence-electron chi connectivity index (χ0n) is 20.8. The van der Waals surface area contributed by atoms with Gasteiger partial charge in [-0.25, -0.2) is 14.3 Å². The van der Waals surface area contributed by atoms with Crippen molar-refractivity contribution in [2.24, 2.45) is 15.4 Å². The number of methoxy groups -OCH3 is 1. The minimum absolute atomic E-state index is 0.108. The number of hydrogen-bond acceptors (Lipinski definition) is 8. The van der Waals surface area contributed by atoms with Crippen LogP contribution in [0.5, 0.6) is 5.75 Å². The van der Waals surface area contributed by atoms with E-state index < -0.39 is 41.7 Å². The van der Waals surface area contributed by atoms with E-state index in [4.69, 9.17) is 4.74 Å². The number of rotatable bonds is 6. The van der Waals surface area contributed by atoms with Crippen LogP contribution in [0.1, 0.15) is 23.6 Å². The minimum Gasteiger partial charge on any atom is -0.497 e. The van der Waals surface area contributed by atoms with Crippen molar-refractivity contribution in [3.05, 3.63) is 95.8 Å². The van der Waals surface area contributed by atoms with Crippen LogP contribution in [0.15, 0.2) is 94.3 Å². The molecule has 39 heavy (non-hydrogen) atoms. The number of carbonyl (C=O) groups excluding carboxylic acids is 3. The topological polar surface area (TPSA) is 107 Å². The number of carbonyl (C=O) groups is 3. The molecular weight excluding hydrogens is 503 g/mol. The molecule has 0 bridgehead atoms. The van der Waals surface area contributed by atoms with Crippen molar-refractivity contribution in [3.8, 4) is 5.75 Å². The lowest BCUT2D eigenvalue weighted by Gasteiger charge is -2.25. The van der Waals surface area contributed by atoms with Crippen molar-refractivity contribution in [1.82, 2.24) is 10.0 Å². The summed E-state index contributed by atoms with van der Waals surface area (Å²) in [7, 11) is 1.58. The van der Waals surface area contributed by atoms with Crippen molar-refractivity contribution in [2.45, 2.75) is 24.5 Å². The predicted octanol–water partition coefficient (Wildman–Crippen LogP) is 3.51. The van der Waals surface area contributed by atoms with Crippen molar-refractivity contribution in [3.63, 3.8) is 0 Å². The number of anilines is 1. The molecule has 3 aliphatic heterocycles. The highest BCUT2D eigenvalue weighted by Crippen LogP contribution is 2.36. The highest BCUT2D eigenvalue weighted by Gasteiger charge is 2.55. The van der Waals surface area contributed by atoms with Gasteiger partial charge in [-0.15, -0.1) is 0 Å². The Balaban J connectivity index is 1.26. The molecule has 3 aromatic carbocycles. The van der Waals surface area contributed by atoms with Gasteiger partial charge in [0.05, 0.1) is 24.6 Å². The molecule has 0 spiro atoms. The highest BCUT2D eigenvalue weighted by molar-refractivity contribution is 6.25. The average Bonchev–Trinajstić information content (AvgIpc) is 3.65. The Morgan fingerprint density at radius 1 is 1.00 bits per heavy atom. The Morgan fingerprint density at radius 2 is 1.77 bits per heavy atom. The van der Waals surface area contributed by atoms with Crippen molar-refractivity contribution >= 4 is 29.1 Å². The number of nitrogens with zero attached hydrogens (tertiary/aromatic N) is 6. The summed E-state index contributed by atoms with van der Waals surface area (Å²) in [6.45, 7) is -0.321. The molecule has 0 unspecified atom stereocenters. The highest BCUT2D eigenvalue weighted by atomic mass is 19.1. The zero-order valence-corrected chi connectivity index (χ0v) is 20.8. The zero-order chi connectivity index (χ0) is 27.1. The minimum atomic E-state index is -1.10. The third-order valence-corrected chi connectivity index (χ3v) is 7.00. The first kappa shape index (κ1) is 24.4. The van der Waals surface area contributed by atoms with Gasteiger partial charge in [0.1, 0.15) is 18.1 Å². The van der Waals surface area contributed by atoms with Gasteiger partial charge in [0.15, 0.2) is 12.1 Å². The summed E-state index contributed by atoms with van der Waals surface area (Å²) in [6, 6.07) is 19.6. The van der Waals surface area contributed by atoms with E-state index in [0.717, 1.165) is 27.8 Å². The molecule has 3 aromatic rings. The number of benzene rings is 3. The van der Waals surface area contributed by atoms with Crippen molar-refractivity contribution < 1.29 is 23.5 Å². The molecule has 0 radical (unpaired) electrons. The van der Waals surface area contributed by atoms with E-state index in [9.17, 15) is 18.8 Å². The Hall–Kier alpha value is -4.93. The van der Waals surface area contributed by atoms with Crippen LogP contribution in [-0.4, -0.2) is 59.2 Å². The van der Waals surface area contributed by atoms with Crippen LogP contribution in [0, 0.1) is 5.82 Å². The van der Waals surface area contributed by atoms with Gasteiger partial charge in [0.2, 0.25) is 0 Å². The molecule has 0 N–H and O–H groups in total. The number of hydrogen-bond donors (Lipinski definition) is 0. The number of halogens is 1. The van der Waals surface area contributed by atoms with E-state index in [0.29, 0.717) is 12.2 Å². The van der Waals surface area contributed by atoms with Crippen LogP contribution in [0.4, 0.5) is 10.1 Å². The fraction of sp³-hybridized carbons (Fsp3) is 0.214. The first-order valence-corrected chi connectivity index (χ1v) is 12.3. The second-order valence-corrected chi connectivity index (χ2v) is 9.33. The molecule has 3 atom stereocenters. The third kappa shape index (κ3) is 4.31. The molecule has 196 valence electrons. The summed E-state index contributed by atoms with van der Waals surface area (Å²) >= 11 is 0. The molecule has 3 amide bonds. The van der Waals surface area contributed by atoms with E-state index in [1.165, 1.54) is 28.2 Å². The van der Waals surface area contributed by atoms with Gasteiger partial charge in [-0.05, 0) is 41.5 Å². The van der Waals surface area contributed by atoms with Crippen molar-refractivity contribution in [2.75, 3.05) is 18.6 Å². The fourth-order valence-electron chi connectivity index (χ4n) is 5.07. The molecule has 10 nitrogen and oxygen atoms in total. The van der Waals surface area contributed by atoms with Crippen LogP contribution >= 0.6 is 0 Å². The van der Waals surface area contributed by atoms with E-state index in [2.05, 4.69) is 15.4 Å². The van der Waals surface area contributed by atoms with E-state index in [1.807, 2.05) is 54.6 Å². The molecule has 3 aliphatic rings. The standard InChI is InChI=1S/C28H23FN6O4/c1-39-21-12-10-18(11-13-21)23-15-22(17-6-3-2-4-7-17)31-35(23)24(36)16-33-26-25(30-32-33)27(37)34(28(26)38)20-9-5-8-19(29)14-20/h2-14,23,25-26H,15-16H2,1H3/t23-,25+,26-/m0/s1. The largest absolute Gasteiger partial charge is 0.497 e. The van der Waals surface area contributed by atoms with E-state index >= 15 is 0 Å². The molecule has 3 heterocycles. The lowest BCUT2D eigenvalue weighted by Crippen LogP contribution is -2.44. The van der Waals surface area contributed by atoms with Crippen LogP contribution in [0.2, 0.25) is 0 Å². The maximum atomic E-state index is 13.8. The summed E-state index contributed by atoms with van der Waals surface area (Å²) < 4.78 is 19.1. The number of amides is 3. The van der Waals surface area contributed by atoms with Crippen LogP contribution in [0.25, 0.3) is 0 Å². The van der Waals surface area contributed by atoms with Gasteiger partial charge in [-0.1, -0.05) is 53.8 Å². The van der Waals surface area contributed by atoms with E-state index in [1.54, 1.807) is 7.11 Å². The quantitative estimate of drug-likeness (QED) is 0.457. The summed E-state index contributed by atoms with van der Waals surface area (Å²) in [5.74, 6) is -1.53. The predicted molar refractivity (Wildman–Crippen MR) is 138 cm³/mol. The number of hydrazone groups is 1. The molecule has 1 fully saturated rings. The molecule has 0 aliphatic carbocycles. The molecule has 6 rings (SSSR count). The van der Waals surface area contributed by atoms with Gasteiger partial charge in [-0.3, -0.25) is 19.4 Å². The SMILES string of the molecule is COc1ccc([C@@H]2CC(c3ccccc3)=NN2C(=O)CN2N=N[C@H]3C(=O)N(c4cccc(F)c4)C(=O)[C@H]32)cc1. The normalized spacial score (nSPS) is 21.9. The van der Waals surface area contributed by atoms with Gasteiger partial charge in [0, 0.05) is 6.42 Å². The van der Waals surface area contributed by atoms with Crippen LogP contribution in [-0.2, 0) is 14.4 Å².